The van der Waals surface area contributed by atoms with Crippen molar-refractivity contribution in [1.29, 1.82) is 0 Å². The van der Waals surface area contributed by atoms with E-state index in [1.165, 1.54) is 6.42 Å². The first-order chi connectivity index (χ1) is 7.10. The van der Waals surface area contributed by atoms with Gasteiger partial charge in [-0.25, -0.2) is 0 Å². The third kappa shape index (κ3) is 3.21. The van der Waals surface area contributed by atoms with Crippen molar-refractivity contribution in [2.24, 2.45) is 10.8 Å². The first-order valence-corrected chi connectivity index (χ1v) is 6.56. The quantitative estimate of drug-likeness (QED) is 0.777. The van der Waals surface area contributed by atoms with Gasteiger partial charge < -0.3 is 10.4 Å². The topological polar surface area (TPSA) is 32.3 Å². The van der Waals surface area contributed by atoms with Gasteiger partial charge in [0.15, 0.2) is 0 Å². The summed E-state index contributed by atoms with van der Waals surface area (Å²) in [5, 5.41) is 14.3. The molecule has 0 radical (unpaired) electrons. The number of aliphatic hydroxyl groups is 1. The van der Waals surface area contributed by atoms with Crippen LogP contribution >= 0.6 is 0 Å². The maximum absolute atomic E-state index is 10.9. The van der Waals surface area contributed by atoms with E-state index >= 15 is 0 Å². The molecule has 2 heteroatoms. The Balaban J connectivity index is 2.87. The van der Waals surface area contributed by atoms with Gasteiger partial charge in [0.05, 0.1) is 5.60 Å². The van der Waals surface area contributed by atoms with Crippen LogP contribution in [0.3, 0.4) is 0 Å². The molecule has 0 amide bonds. The van der Waals surface area contributed by atoms with Crippen LogP contribution in [-0.2, 0) is 0 Å². The standard InChI is InChI=1S/C14H29NO/c1-7-15-11(2)14(16)9-12(3,4)8-13(5,6)10-14/h11,15-16H,7-10H2,1-6H3. The second kappa shape index (κ2) is 4.30. The Morgan fingerprint density at radius 3 is 1.88 bits per heavy atom. The molecule has 1 saturated carbocycles. The Morgan fingerprint density at radius 1 is 1.06 bits per heavy atom. The third-order valence-corrected chi connectivity index (χ3v) is 3.84. The highest BCUT2D eigenvalue weighted by molar-refractivity contribution is 5.02. The van der Waals surface area contributed by atoms with E-state index in [9.17, 15) is 5.11 Å². The van der Waals surface area contributed by atoms with Crippen LogP contribution in [0.25, 0.3) is 0 Å². The van der Waals surface area contributed by atoms with Gasteiger partial charge in [0.2, 0.25) is 0 Å². The van der Waals surface area contributed by atoms with Crippen molar-refractivity contribution in [3.05, 3.63) is 0 Å². The summed E-state index contributed by atoms with van der Waals surface area (Å²) >= 11 is 0. The molecule has 0 saturated heterocycles. The minimum absolute atomic E-state index is 0.177. The first-order valence-electron chi connectivity index (χ1n) is 6.56. The predicted molar refractivity (Wildman–Crippen MR) is 69.5 cm³/mol. The van der Waals surface area contributed by atoms with Crippen LogP contribution in [0.1, 0.15) is 60.8 Å². The fourth-order valence-corrected chi connectivity index (χ4v) is 3.94. The third-order valence-electron chi connectivity index (χ3n) is 3.84. The fraction of sp³-hybridized carbons (Fsp3) is 1.00. The summed E-state index contributed by atoms with van der Waals surface area (Å²) in [4.78, 5) is 0. The molecule has 16 heavy (non-hydrogen) atoms. The lowest BCUT2D eigenvalue weighted by Gasteiger charge is -2.52. The van der Waals surface area contributed by atoms with Crippen molar-refractivity contribution in [1.82, 2.24) is 5.32 Å². The molecule has 0 bridgehead atoms. The second-order valence-corrected chi connectivity index (χ2v) is 7.24. The summed E-state index contributed by atoms with van der Waals surface area (Å²) in [5.41, 5.74) is -0.0817. The molecule has 0 aromatic carbocycles. The molecular formula is C14H29NO. The van der Waals surface area contributed by atoms with Gasteiger partial charge in [-0.15, -0.1) is 0 Å². The molecule has 1 fully saturated rings. The Labute approximate surface area is 101 Å². The summed E-state index contributed by atoms with van der Waals surface area (Å²) < 4.78 is 0. The average molecular weight is 227 g/mol. The highest BCUT2D eigenvalue weighted by Gasteiger charge is 2.48. The lowest BCUT2D eigenvalue weighted by Crippen LogP contribution is -2.56. The largest absolute Gasteiger partial charge is 0.388 e. The van der Waals surface area contributed by atoms with Crippen molar-refractivity contribution >= 4 is 0 Å². The van der Waals surface area contributed by atoms with E-state index in [1.807, 2.05) is 0 Å². The van der Waals surface area contributed by atoms with Gasteiger partial charge in [-0.2, -0.15) is 0 Å². The molecule has 0 heterocycles. The van der Waals surface area contributed by atoms with Crippen LogP contribution in [0.15, 0.2) is 0 Å². The van der Waals surface area contributed by atoms with E-state index in [4.69, 9.17) is 0 Å². The van der Waals surface area contributed by atoms with E-state index in [0.717, 1.165) is 19.4 Å². The summed E-state index contributed by atoms with van der Waals surface area (Å²) in [5.74, 6) is 0. The highest BCUT2D eigenvalue weighted by atomic mass is 16.3. The van der Waals surface area contributed by atoms with Crippen LogP contribution in [0.2, 0.25) is 0 Å². The number of likely N-dealkylation sites (N-methyl/N-ethyl adjacent to an activating group) is 1. The molecule has 0 aromatic heterocycles. The van der Waals surface area contributed by atoms with E-state index in [2.05, 4.69) is 46.9 Å². The minimum atomic E-state index is -0.554. The lowest BCUT2D eigenvalue weighted by molar-refractivity contribution is -0.104. The highest BCUT2D eigenvalue weighted by Crippen LogP contribution is 2.51. The molecule has 0 aromatic rings. The van der Waals surface area contributed by atoms with E-state index < -0.39 is 5.60 Å². The number of hydrogen-bond acceptors (Lipinski definition) is 2. The SMILES string of the molecule is CCNC(C)C1(O)CC(C)(C)CC(C)(C)C1. The van der Waals surface area contributed by atoms with Crippen LogP contribution in [0, 0.1) is 10.8 Å². The van der Waals surface area contributed by atoms with Crippen molar-refractivity contribution < 1.29 is 5.11 Å². The van der Waals surface area contributed by atoms with Gasteiger partial charge >= 0.3 is 0 Å². The normalized spacial score (nSPS) is 28.7. The van der Waals surface area contributed by atoms with Crippen molar-refractivity contribution in [2.45, 2.75) is 72.4 Å². The summed E-state index contributed by atoms with van der Waals surface area (Å²) in [7, 11) is 0. The molecule has 1 unspecified atom stereocenters. The molecule has 1 rings (SSSR count). The van der Waals surface area contributed by atoms with Gasteiger partial charge in [-0.3, -0.25) is 0 Å². The van der Waals surface area contributed by atoms with Gasteiger partial charge in [0, 0.05) is 6.04 Å². The number of rotatable bonds is 3. The zero-order valence-corrected chi connectivity index (χ0v) is 11.9. The molecular weight excluding hydrogens is 198 g/mol. The van der Waals surface area contributed by atoms with Crippen LogP contribution in [0.4, 0.5) is 0 Å². The zero-order chi connectivity index (χ0) is 12.6. The van der Waals surface area contributed by atoms with Crippen molar-refractivity contribution in [2.75, 3.05) is 6.54 Å². The minimum Gasteiger partial charge on any atom is -0.388 e. The summed E-state index contributed by atoms with van der Waals surface area (Å²) in [6, 6.07) is 0.177. The molecule has 2 N–H and O–H groups in total. The van der Waals surface area contributed by atoms with Gasteiger partial charge in [-0.05, 0) is 43.6 Å². The van der Waals surface area contributed by atoms with Crippen molar-refractivity contribution in [3.63, 3.8) is 0 Å². The van der Waals surface area contributed by atoms with E-state index in [1.54, 1.807) is 0 Å². The fourth-order valence-electron chi connectivity index (χ4n) is 3.94. The molecule has 1 aliphatic carbocycles. The molecule has 96 valence electrons. The first kappa shape index (κ1) is 14.0. The molecule has 1 aliphatic rings. The maximum Gasteiger partial charge on any atom is 0.0807 e. The second-order valence-electron chi connectivity index (χ2n) is 7.24. The van der Waals surface area contributed by atoms with Gasteiger partial charge in [-0.1, -0.05) is 34.6 Å². The predicted octanol–water partition coefficient (Wildman–Crippen LogP) is 2.95. The number of nitrogens with one attached hydrogen (secondary N) is 1. The van der Waals surface area contributed by atoms with Crippen LogP contribution < -0.4 is 5.32 Å². The Bertz CT molecular complexity index is 229. The van der Waals surface area contributed by atoms with Crippen LogP contribution in [-0.4, -0.2) is 23.3 Å². The van der Waals surface area contributed by atoms with Gasteiger partial charge in [0.25, 0.3) is 0 Å². The monoisotopic (exact) mass is 227 g/mol. The Morgan fingerprint density at radius 2 is 1.50 bits per heavy atom. The maximum atomic E-state index is 10.9. The molecule has 2 nitrogen and oxygen atoms in total. The van der Waals surface area contributed by atoms with Crippen molar-refractivity contribution in [3.8, 4) is 0 Å². The lowest BCUT2D eigenvalue weighted by atomic mass is 9.58. The van der Waals surface area contributed by atoms with Crippen LogP contribution in [0.5, 0.6) is 0 Å². The Kier molecular flexibility index (Phi) is 3.76. The van der Waals surface area contributed by atoms with E-state index in [0.29, 0.717) is 0 Å². The zero-order valence-electron chi connectivity index (χ0n) is 11.9. The van der Waals surface area contributed by atoms with E-state index in [-0.39, 0.29) is 16.9 Å². The molecule has 1 atom stereocenters. The smallest absolute Gasteiger partial charge is 0.0807 e. The summed E-state index contributed by atoms with van der Waals surface area (Å²) in [6.45, 7) is 14.2. The summed E-state index contributed by atoms with van der Waals surface area (Å²) in [6.07, 6.45) is 3.00. The Hall–Kier alpha value is -0.0800. The van der Waals surface area contributed by atoms with Gasteiger partial charge in [0.1, 0.15) is 0 Å². The number of hydrogen-bond donors (Lipinski definition) is 2. The molecule has 0 spiro atoms. The average Bonchev–Trinajstić information content (AvgIpc) is 1.97. The molecule has 0 aliphatic heterocycles.